The smallest absolute Gasteiger partial charge is 0.241 e. The van der Waals surface area contributed by atoms with Crippen LogP contribution < -0.4 is 19.9 Å². The number of benzene rings is 2. The van der Waals surface area contributed by atoms with Crippen molar-refractivity contribution in [2.45, 2.75) is 65.5 Å². The SMILES string of the molecule is Cc1sc2c(c1C)C(c1ccc(Cl)cc1)=N[C@@H](CC(=O)NC(C)(C)CC(=O)N1CCOc3cc(N(CCC#N)C(=O)CCl)ccc31)c1nnc(C)n1-2. The van der Waals surface area contributed by atoms with Crippen molar-refractivity contribution in [3.05, 3.63) is 80.7 Å². The summed E-state index contributed by atoms with van der Waals surface area (Å²) in [6, 6.07) is 14.0. The van der Waals surface area contributed by atoms with E-state index in [9.17, 15) is 14.4 Å². The lowest BCUT2D eigenvalue weighted by atomic mass is 9.98. The number of aryl methyl sites for hydroxylation is 2. The van der Waals surface area contributed by atoms with Crippen molar-refractivity contribution >= 4 is 69.3 Å². The fraction of sp³-hybridized carbons (Fsp3) is 0.378. The van der Waals surface area contributed by atoms with Gasteiger partial charge in [0.1, 0.15) is 35.1 Å². The molecule has 15 heteroatoms. The van der Waals surface area contributed by atoms with Gasteiger partial charge in [0.15, 0.2) is 5.82 Å². The molecule has 4 aromatic rings. The van der Waals surface area contributed by atoms with Crippen molar-refractivity contribution in [2.24, 2.45) is 4.99 Å². The molecule has 3 amide bonds. The molecule has 0 spiro atoms. The summed E-state index contributed by atoms with van der Waals surface area (Å²) < 4.78 is 7.87. The van der Waals surface area contributed by atoms with Crippen molar-refractivity contribution in [2.75, 3.05) is 35.4 Å². The maximum atomic E-state index is 13.8. The summed E-state index contributed by atoms with van der Waals surface area (Å²) in [5.74, 6) is 0.621. The molecule has 0 saturated carbocycles. The lowest BCUT2D eigenvalue weighted by Gasteiger charge is -2.34. The first-order valence-electron chi connectivity index (χ1n) is 16.8. The zero-order valence-electron chi connectivity index (χ0n) is 29.5. The first kappa shape index (κ1) is 37.0. The highest BCUT2D eigenvalue weighted by atomic mass is 35.5. The number of aliphatic imine (C=N–C) groups is 1. The van der Waals surface area contributed by atoms with E-state index < -0.39 is 11.6 Å². The van der Waals surface area contributed by atoms with Crippen LogP contribution in [0.4, 0.5) is 11.4 Å². The maximum absolute atomic E-state index is 13.8. The monoisotopic (exact) mass is 760 g/mol. The zero-order valence-corrected chi connectivity index (χ0v) is 31.8. The minimum atomic E-state index is -0.920. The van der Waals surface area contributed by atoms with Gasteiger partial charge < -0.3 is 19.9 Å². The molecule has 0 saturated heterocycles. The van der Waals surface area contributed by atoms with Gasteiger partial charge >= 0.3 is 0 Å². The third kappa shape index (κ3) is 7.42. The number of fused-ring (bicyclic) bond motifs is 4. The summed E-state index contributed by atoms with van der Waals surface area (Å²) in [6.45, 7) is 10.4. The van der Waals surface area contributed by atoms with Crippen LogP contribution in [0.2, 0.25) is 5.02 Å². The number of hydrogen-bond donors (Lipinski definition) is 1. The number of ether oxygens (including phenoxy) is 1. The molecule has 52 heavy (non-hydrogen) atoms. The van der Waals surface area contributed by atoms with E-state index in [0.29, 0.717) is 40.3 Å². The molecule has 1 atom stereocenters. The molecule has 2 aliphatic heterocycles. The summed E-state index contributed by atoms with van der Waals surface area (Å²) in [5, 5.41) is 22.6. The zero-order chi connectivity index (χ0) is 37.3. The van der Waals surface area contributed by atoms with Crippen LogP contribution in [0.1, 0.15) is 72.4 Å². The molecule has 2 aromatic heterocycles. The Morgan fingerprint density at radius 1 is 1.13 bits per heavy atom. The Bertz CT molecular complexity index is 2120. The first-order valence-corrected chi connectivity index (χ1v) is 18.5. The number of amides is 3. The van der Waals surface area contributed by atoms with Crippen LogP contribution in [0.15, 0.2) is 47.5 Å². The molecule has 2 aliphatic rings. The molecule has 0 radical (unpaired) electrons. The van der Waals surface area contributed by atoms with Gasteiger partial charge in [-0.25, -0.2) is 0 Å². The van der Waals surface area contributed by atoms with E-state index in [-0.39, 0.29) is 56.0 Å². The number of rotatable bonds is 10. The average molecular weight is 762 g/mol. The Labute approximate surface area is 316 Å². The quantitative estimate of drug-likeness (QED) is 0.185. The van der Waals surface area contributed by atoms with Crippen molar-refractivity contribution in [3.63, 3.8) is 0 Å². The highest BCUT2D eigenvalue weighted by Gasteiger charge is 2.35. The number of carbonyl (C=O) groups is 3. The van der Waals surface area contributed by atoms with Gasteiger partial charge in [0.25, 0.3) is 0 Å². The molecular weight excluding hydrogens is 723 g/mol. The Balaban J connectivity index is 1.22. The third-order valence-corrected chi connectivity index (χ3v) is 10.8. The number of nitrogens with one attached hydrogen (secondary N) is 1. The Morgan fingerprint density at radius 2 is 1.88 bits per heavy atom. The fourth-order valence-electron chi connectivity index (χ4n) is 6.52. The molecule has 4 heterocycles. The van der Waals surface area contributed by atoms with Gasteiger partial charge in [-0.2, -0.15) is 5.26 Å². The van der Waals surface area contributed by atoms with E-state index >= 15 is 0 Å². The highest BCUT2D eigenvalue weighted by Crippen LogP contribution is 2.40. The van der Waals surface area contributed by atoms with Crippen molar-refractivity contribution < 1.29 is 19.1 Å². The molecular formula is C37H38Cl2N8O4S. The molecule has 6 rings (SSSR count). The van der Waals surface area contributed by atoms with Crippen LogP contribution in [0.5, 0.6) is 5.75 Å². The fourth-order valence-corrected chi connectivity index (χ4v) is 8.01. The van der Waals surface area contributed by atoms with Crippen molar-refractivity contribution in [1.29, 1.82) is 5.26 Å². The lowest BCUT2D eigenvalue weighted by Crippen LogP contribution is -2.49. The number of hydrogen-bond acceptors (Lipinski definition) is 9. The van der Waals surface area contributed by atoms with E-state index in [4.69, 9.17) is 38.2 Å². The number of thiophene rings is 1. The average Bonchev–Trinajstić information content (AvgIpc) is 3.59. The van der Waals surface area contributed by atoms with Gasteiger partial charge in [-0.3, -0.25) is 23.9 Å². The van der Waals surface area contributed by atoms with E-state index in [1.165, 1.54) is 4.90 Å². The normalized spacial score (nSPS) is 14.9. The van der Waals surface area contributed by atoms with Gasteiger partial charge in [-0.05, 0) is 64.4 Å². The van der Waals surface area contributed by atoms with Gasteiger partial charge in [0.05, 0.1) is 36.9 Å². The molecule has 270 valence electrons. The van der Waals surface area contributed by atoms with Crippen LogP contribution in [-0.4, -0.2) is 69.3 Å². The number of nitriles is 1. The molecule has 1 N–H and O–H groups in total. The summed E-state index contributed by atoms with van der Waals surface area (Å²) in [4.78, 5) is 49.5. The summed E-state index contributed by atoms with van der Waals surface area (Å²) in [7, 11) is 0. The predicted molar refractivity (Wildman–Crippen MR) is 202 cm³/mol. The van der Waals surface area contributed by atoms with Gasteiger partial charge in [-0.15, -0.1) is 33.1 Å². The van der Waals surface area contributed by atoms with Crippen LogP contribution in [0.25, 0.3) is 5.00 Å². The van der Waals surface area contributed by atoms with Gasteiger partial charge in [0.2, 0.25) is 17.7 Å². The second-order valence-electron chi connectivity index (χ2n) is 13.4. The van der Waals surface area contributed by atoms with E-state index in [0.717, 1.165) is 32.3 Å². The van der Waals surface area contributed by atoms with Crippen molar-refractivity contribution in [1.82, 2.24) is 20.1 Å². The number of halogens is 2. The second kappa shape index (κ2) is 15.1. The molecule has 0 bridgehead atoms. The predicted octanol–water partition coefficient (Wildman–Crippen LogP) is 6.39. The number of nitrogens with zero attached hydrogens (tertiary/aromatic N) is 7. The Hall–Kier alpha value is -4.77. The van der Waals surface area contributed by atoms with Crippen LogP contribution in [-0.2, 0) is 14.4 Å². The first-order chi connectivity index (χ1) is 24.8. The second-order valence-corrected chi connectivity index (χ2v) is 15.3. The summed E-state index contributed by atoms with van der Waals surface area (Å²) in [5.41, 5.74) is 3.85. The minimum absolute atomic E-state index is 0.00790. The third-order valence-electron chi connectivity index (χ3n) is 9.09. The van der Waals surface area contributed by atoms with Gasteiger partial charge in [-0.1, -0.05) is 23.7 Å². The summed E-state index contributed by atoms with van der Waals surface area (Å²) >= 11 is 13.7. The standard InChI is InChI=1S/C37H38Cl2N8O4S/c1-21-22(2)52-36-33(21)34(24-7-9-25(39)10-8-24)41-27(35-44-43-23(3)47(35)36)18-30(48)42-37(4,5)19-31(49)46-15-16-51-29-17-26(11-12-28(29)46)45(14-6-13-40)32(50)20-38/h7-12,17,27H,6,14-16,18-20H2,1-5H3,(H,42,48)/t27-/m0/s1. The van der Waals surface area contributed by atoms with Crippen LogP contribution in [0, 0.1) is 32.1 Å². The van der Waals surface area contributed by atoms with Crippen LogP contribution in [0.3, 0.4) is 0 Å². The number of carbonyl (C=O) groups excluding carboxylic acids is 3. The molecule has 0 fully saturated rings. The lowest BCUT2D eigenvalue weighted by molar-refractivity contribution is -0.124. The van der Waals surface area contributed by atoms with Gasteiger partial charge in [0, 0.05) is 51.3 Å². The number of alkyl halides is 1. The van der Waals surface area contributed by atoms with Crippen molar-refractivity contribution in [3.8, 4) is 16.8 Å². The molecule has 0 unspecified atom stereocenters. The molecule has 0 aliphatic carbocycles. The molecule has 12 nitrogen and oxygen atoms in total. The summed E-state index contributed by atoms with van der Waals surface area (Å²) in [6.07, 6.45) is 0.122. The topological polar surface area (TPSA) is 146 Å². The Morgan fingerprint density at radius 3 is 2.60 bits per heavy atom. The maximum Gasteiger partial charge on any atom is 0.241 e. The number of aromatic nitrogens is 3. The minimum Gasteiger partial charge on any atom is -0.489 e. The Kier molecular flexibility index (Phi) is 10.7. The van der Waals surface area contributed by atoms with E-state index in [1.54, 1.807) is 34.4 Å². The number of anilines is 2. The van der Waals surface area contributed by atoms with E-state index in [1.807, 2.05) is 55.7 Å². The highest BCUT2D eigenvalue weighted by molar-refractivity contribution is 7.15. The largest absolute Gasteiger partial charge is 0.489 e. The molecule has 2 aromatic carbocycles. The van der Waals surface area contributed by atoms with E-state index in [2.05, 4.69) is 29.4 Å². The van der Waals surface area contributed by atoms with Crippen LogP contribution >= 0.6 is 34.5 Å².